The van der Waals surface area contributed by atoms with E-state index in [1.807, 2.05) is 11.6 Å². The Morgan fingerprint density at radius 1 is 1.59 bits per heavy atom. The van der Waals surface area contributed by atoms with E-state index in [0.717, 1.165) is 37.4 Å². The van der Waals surface area contributed by atoms with Crippen molar-refractivity contribution in [2.75, 3.05) is 26.8 Å². The predicted octanol–water partition coefficient (Wildman–Crippen LogP) is -0.476. The minimum atomic E-state index is -0.467. The first kappa shape index (κ1) is 12.1. The van der Waals surface area contributed by atoms with E-state index < -0.39 is 5.91 Å². The number of rotatable bonds is 4. The van der Waals surface area contributed by atoms with Crippen molar-refractivity contribution in [2.24, 2.45) is 12.8 Å². The van der Waals surface area contributed by atoms with E-state index in [1.165, 1.54) is 0 Å². The summed E-state index contributed by atoms with van der Waals surface area (Å²) in [5.41, 5.74) is 7.37. The number of nitrogens with two attached hydrogens (primary N) is 1. The van der Waals surface area contributed by atoms with Crippen LogP contribution in [-0.4, -0.2) is 47.2 Å². The molecule has 2 rings (SSSR count). The van der Waals surface area contributed by atoms with Crippen molar-refractivity contribution in [3.63, 3.8) is 0 Å². The van der Waals surface area contributed by atoms with Gasteiger partial charge < -0.3 is 15.0 Å². The number of aromatic nitrogens is 2. The first-order valence-corrected chi connectivity index (χ1v) is 5.69. The van der Waals surface area contributed by atoms with Crippen LogP contribution >= 0.6 is 0 Å². The standard InChI is InChI=1S/C11H18N4O2/c1-14-9-3-4-15(5-6-17-2)7-8(9)13-11(14)10(12)16/h3-7H2,1-2H3,(H2,12,16). The summed E-state index contributed by atoms with van der Waals surface area (Å²) in [5, 5.41) is 0. The molecular weight excluding hydrogens is 220 g/mol. The average molecular weight is 238 g/mol. The number of hydrogen-bond donors (Lipinski definition) is 1. The molecule has 2 heterocycles. The molecule has 0 radical (unpaired) electrons. The Balaban J connectivity index is 2.15. The third-order valence-corrected chi connectivity index (χ3v) is 3.17. The van der Waals surface area contributed by atoms with Crippen LogP contribution in [0.4, 0.5) is 0 Å². The van der Waals surface area contributed by atoms with Crippen LogP contribution in [0.15, 0.2) is 0 Å². The normalized spacial score (nSPS) is 15.9. The molecule has 0 atom stereocenters. The maximum atomic E-state index is 11.2. The fraction of sp³-hybridized carbons (Fsp3) is 0.636. The van der Waals surface area contributed by atoms with Gasteiger partial charge in [0.05, 0.1) is 12.3 Å². The van der Waals surface area contributed by atoms with Crippen molar-refractivity contribution in [3.05, 3.63) is 17.2 Å². The number of carbonyl (C=O) groups is 1. The van der Waals surface area contributed by atoms with Gasteiger partial charge in [0, 0.05) is 45.9 Å². The Morgan fingerprint density at radius 2 is 2.35 bits per heavy atom. The molecule has 0 aromatic carbocycles. The lowest BCUT2D eigenvalue weighted by Gasteiger charge is -2.26. The monoisotopic (exact) mass is 238 g/mol. The Kier molecular flexibility index (Phi) is 3.44. The van der Waals surface area contributed by atoms with Crippen molar-refractivity contribution in [2.45, 2.75) is 13.0 Å². The molecule has 6 nitrogen and oxygen atoms in total. The van der Waals surface area contributed by atoms with Crippen LogP contribution < -0.4 is 5.73 Å². The second-order valence-corrected chi connectivity index (χ2v) is 4.27. The van der Waals surface area contributed by atoms with Crippen molar-refractivity contribution < 1.29 is 9.53 Å². The van der Waals surface area contributed by atoms with Gasteiger partial charge >= 0.3 is 0 Å². The molecule has 0 bridgehead atoms. The summed E-state index contributed by atoms with van der Waals surface area (Å²) in [6, 6.07) is 0. The third kappa shape index (κ3) is 2.32. The molecule has 0 saturated carbocycles. The van der Waals surface area contributed by atoms with E-state index >= 15 is 0 Å². The largest absolute Gasteiger partial charge is 0.383 e. The number of imidazole rings is 1. The van der Waals surface area contributed by atoms with E-state index in [4.69, 9.17) is 10.5 Å². The van der Waals surface area contributed by atoms with Gasteiger partial charge in [0.2, 0.25) is 0 Å². The van der Waals surface area contributed by atoms with Crippen LogP contribution in [0.3, 0.4) is 0 Å². The van der Waals surface area contributed by atoms with Gasteiger partial charge in [-0.25, -0.2) is 4.98 Å². The lowest BCUT2D eigenvalue weighted by molar-refractivity contribution is 0.0987. The minimum Gasteiger partial charge on any atom is -0.383 e. The molecule has 0 unspecified atom stereocenters. The van der Waals surface area contributed by atoms with Crippen molar-refractivity contribution in [1.29, 1.82) is 0 Å². The summed E-state index contributed by atoms with van der Waals surface area (Å²) in [7, 11) is 3.54. The Bertz CT molecular complexity index is 427. The summed E-state index contributed by atoms with van der Waals surface area (Å²) >= 11 is 0. The van der Waals surface area contributed by atoms with Crippen LogP contribution in [0.2, 0.25) is 0 Å². The van der Waals surface area contributed by atoms with Gasteiger partial charge in [-0.05, 0) is 0 Å². The van der Waals surface area contributed by atoms with Crippen LogP contribution in [-0.2, 0) is 24.8 Å². The van der Waals surface area contributed by atoms with Gasteiger partial charge in [-0.1, -0.05) is 0 Å². The van der Waals surface area contributed by atoms with Gasteiger partial charge in [0.15, 0.2) is 5.82 Å². The number of nitrogens with zero attached hydrogens (tertiary/aromatic N) is 3. The fourth-order valence-electron chi connectivity index (χ4n) is 2.21. The van der Waals surface area contributed by atoms with Crippen molar-refractivity contribution in [3.8, 4) is 0 Å². The molecule has 1 aromatic rings. The van der Waals surface area contributed by atoms with Gasteiger partial charge in [-0.3, -0.25) is 9.69 Å². The van der Waals surface area contributed by atoms with E-state index in [-0.39, 0.29) is 0 Å². The van der Waals surface area contributed by atoms with Gasteiger partial charge in [-0.15, -0.1) is 0 Å². The highest BCUT2D eigenvalue weighted by Crippen LogP contribution is 2.18. The first-order chi connectivity index (χ1) is 8.13. The number of ether oxygens (including phenoxy) is 1. The maximum absolute atomic E-state index is 11.2. The summed E-state index contributed by atoms with van der Waals surface area (Å²) in [6.07, 6.45) is 0.899. The van der Waals surface area contributed by atoms with Crippen molar-refractivity contribution in [1.82, 2.24) is 14.5 Å². The van der Waals surface area contributed by atoms with E-state index in [0.29, 0.717) is 12.4 Å². The number of carbonyl (C=O) groups excluding carboxylic acids is 1. The summed E-state index contributed by atoms with van der Waals surface area (Å²) in [4.78, 5) is 17.8. The molecule has 1 aliphatic rings. The number of hydrogen-bond acceptors (Lipinski definition) is 4. The molecular formula is C11H18N4O2. The number of primary amides is 1. The number of fused-ring (bicyclic) bond motifs is 1. The van der Waals surface area contributed by atoms with Crippen molar-refractivity contribution >= 4 is 5.91 Å². The summed E-state index contributed by atoms with van der Waals surface area (Å²) in [6.45, 7) is 3.33. The highest BCUT2D eigenvalue weighted by atomic mass is 16.5. The number of amides is 1. The lowest BCUT2D eigenvalue weighted by Crippen LogP contribution is -2.33. The predicted molar refractivity (Wildman–Crippen MR) is 62.6 cm³/mol. The first-order valence-electron chi connectivity index (χ1n) is 5.69. The second-order valence-electron chi connectivity index (χ2n) is 4.27. The van der Waals surface area contributed by atoms with Gasteiger partial charge in [0.1, 0.15) is 0 Å². The van der Waals surface area contributed by atoms with E-state index in [9.17, 15) is 4.79 Å². The summed E-state index contributed by atoms with van der Waals surface area (Å²) in [5.74, 6) is -0.117. The highest BCUT2D eigenvalue weighted by Gasteiger charge is 2.23. The minimum absolute atomic E-state index is 0.351. The van der Waals surface area contributed by atoms with Crippen LogP contribution in [0, 0.1) is 0 Å². The lowest BCUT2D eigenvalue weighted by atomic mass is 10.1. The molecule has 0 aliphatic carbocycles. The molecule has 6 heteroatoms. The molecule has 0 fully saturated rings. The highest BCUT2D eigenvalue weighted by molar-refractivity contribution is 5.89. The zero-order chi connectivity index (χ0) is 12.4. The van der Waals surface area contributed by atoms with Crippen LogP contribution in [0.25, 0.3) is 0 Å². The van der Waals surface area contributed by atoms with E-state index in [1.54, 1.807) is 7.11 Å². The topological polar surface area (TPSA) is 73.4 Å². The van der Waals surface area contributed by atoms with E-state index in [2.05, 4.69) is 9.88 Å². The van der Waals surface area contributed by atoms with Gasteiger partial charge in [0.25, 0.3) is 5.91 Å². The van der Waals surface area contributed by atoms with Gasteiger partial charge in [-0.2, -0.15) is 0 Å². The molecule has 1 amide bonds. The molecule has 94 valence electrons. The quantitative estimate of drug-likeness (QED) is 0.769. The zero-order valence-electron chi connectivity index (χ0n) is 10.3. The van der Waals surface area contributed by atoms with Crippen LogP contribution in [0.5, 0.6) is 0 Å². The molecule has 0 spiro atoms. The molecule has 0 saturated heterocycles. The molecule has 1 aliphatic heterocycles. The second kappa shape index (κ2) is 4.85. The summed E-state index contributed by atoms with van der Waals surface area (Å²) < 4.78 is 6.87. The number of methoxy groups -OCH3 is 1. The third-order valence-electron chi connectivity index (χ3n) is 3.17. The Hall–Kier alpha value is -1.40. The zero-order valence-corrected chi connectivity index (χ0v) is 10.3. The molecule has 2 N–H and O–H groups in total. The molecule has 17 heavy (non-hydrogen) atoms. The fourth-order valence-corrected chi connectivity index (χ4v) is 2.21. The van der Waals surface area contributed by atoms with Crippen LogP contribution in [0.1, 0.15) is 22.0 Å². The average Bonchev–Trinajstić information content (AvgIpc) is 2.64. The smallest absolute Gasteiger partial charge is 0.284 e. The SMILES string of the molecule is COCCN1CCc2c(nc(C(N)=O)n2C)C1. The molecule has 1 aromatic heterocycles. The Labute approximate surface area is 100 Å². The Morgan fingerprint density at radius 3 is 3.00 bits per heavy atom. The maximum Gasteiger partial charge on any atom is 0.284 e.